The van der Waals surface area contributed by atoms with Crippen molar-refractivity contribution in [3.8, 4) is 0 Å². The molecule has 1 aromatic rings. The molecular weight excluding hydrogens is 178 g/mol. The van der Waals surface area contributed by atoms with E-state index in [1.165, 1.54) is 0 Å². The lowest BCUT2D eigenvalue weighted by molar-refractivity contribution is -0.120. The molecule has 0 aromatic carbocycles. The zero-order valence-corrected chi connectivity index (χ0v) is 7.27. The summed E-state index contributed by atoms with van der Waals surface area (Å²) in [7, 11) is 0. The number of hydrogen-bond donors (Lipinski definition) is 2. The Hall–Kier alpha value is -1.03. The van der Waals surface area contributed by atoms with Gasteiger partial charge in [0.2, 0.25) is 5.91 Å². The van der Waals surface area contributed by atoms with E-state index in [4.69, 9.17) is 11.6 Å². The summed E-state index contributed by atoms with van der Waals surface area (Å²) in [4.78, 5) is 11.1. The Balaban J connectivity index is 2.27. The summed E-state index contributed by atoms with van der Waals surface area (Å²) in [5.74, 6) is 0.397. The number of aromatic amines is 1. The first kappa shape index (κ1) is 9.06. The van der Waals surface area contributed by atoms with E-state index in [-0.39, 0.29) is 5.91 Å². The van der Waals surface area contributed by atoms with Gasteiger partial charge >= 0.3 is 0 Å². The lowest BCUT2D eigenvalue weighted by Gasteiger charge is -1.99. The standard InChI is InChI=1S/C7H10ClN3O/c8-2-4-9-7(12)5-6-1-3-10-11-6/h1,3H,2,4-5H2,(H,9,12)(H,10,11). The number of alkyl halides is 1. The highest BCUT2D eigenvalue weighted by Crippen LogP contribution is 1.92. The van der Waals surface area contributed by atoms with Crippen LogP contribution in [-0.4, -0.2) is 28.5 Å². The van der Waals surface area contributed by atoms with Gasteiger partial charge in [-0.05, 0) is 6.07 Å². The van der Waals surface area contributed by atoms with Crippen molar-refractivity contribution in [2.24, 2.45) is 0 Å². The normalized spacial score (nSPS) is 9.75. The molecule has 1 rings (SSSR count). The van der Waals surface area contributed by atoms with E-state index in [2.05, 4.69) is 15.5 Å². The van der Waals surface area contributed by atoms with Gasteiger partial charge in [-0.1, -0.05) is 0 Å². The molecule has 1 aromatic heterocycles. The fourth-order valence-electron chi connectivity index (χ4n) is 0.805. The third-order valence-electron chi connectivity index (χ3n) is 1.33. The molecule has 66 valence electrons. The summed E-state index contributed by atoms with van der Waals surface area (Å²) < 4.78 is 0. The first-order chi connectivity index (χ1) is 5.83. The van der Waals surface area contributed by atoms with Crippen LogP contribution in [0.5, 0.6) is 0 Å². The summed E-state index contributed by atoms with van der Waals surface area (Å²) in [6.45, 7) is 0.508. The second-order valence-corrected chi connectivity index (χ2v) is 2.68. The molecule has 0 saturated carbocycles. The second kappa shape index (κ2) is 4.77. The van der Waals surface area contributed by atoms with Crippen molar-refractivity contribution in [1.82, 2.24) is 15.5 Å². The highest BCUT2D eigenvalue weighted by Gasteiger charge is 2.02. The third-order valence-corrected chi connectivity index (χ3v) is 1.52. The van der Waals surface area contributed by atoms with Gasteiger partial charge in [-0.15, -0.1) is 11.6 Å². The molecular formula is C7H10ClN3O. The van der Waals surface area contributed by atoms with Crippen LogP contribution in [0.3, 0.4) is 0 Å². The Labute approximate surface area is 75.3 Å². The van der Waals surface area contributed by atoms with Crippen LogP contribution in [-0.2, 0) is 11.2 Å². The lowest BCUT2D eigenvalue weighted by atomic mass is 10.3. The van der Waals surface area contributed by atoms with Crippen molar-refractivity contribution in [2.75, 3.05) is 12.4 Å². The average molecular weight is 188 g/mol. The van der Waals surface area contributed by atoms with Crippen LogP contribution in [0.2, 0.25) is 0 Å². The first-order valence-electron chi connectivity index (χ1n) is 3.64. The van der Waals surface area contributed by atoms with Gasteiger partial charge in [-0.3, -0.25) is 9.89 Å². The van der Waals surface area contributed by atoms with Gasteiger partial charge in [-0.2, -0.15) is 5.10 Å². The van der Waals surface area contributed by atoms with Crippen LogP contribution in [0.4, 0.5) is 0 Å². The van der Waals surface area contributed by atoms with E-state index in [9.17, 15) is 4.79 Å². The van der Waals surface area contributed by atoms with Crippen LogP contribution in [0, 0.1) is 0 Å². The second-order valence-electron chi connectivity index (χ2n) is 2.30. The zero-order chi connectivity index (χ0) is 8.81. The van der Waals surface area contributed by atoms with E-state index in [1.54, 1.807) is 12.3 Å². The number of hydrogen-bond acceptors (Lipinski definition) is 2. The lowest BCUT2D eigenvalue weighted by Crippen LogP contribution is -2.26. The molecule has 0 fully saturated rings. The molecule has 5 heteroatoms. The van der Waals surface area contributed by atoms with Crippen LogP contribution in [0.25, 0.3) is 0 Å². The topological polar surface area (TPSA) is 57.8 Å². The van der Waals surface area contributed by atoms with Crippen molar-refractivity contribution in [2.45, 2.75) is 6.42 Å². The van der Waals surface area contributed by atoms with Crippen molar-refractivity contribution >= 4 is 17.5 Å². The summed E-state index contributed by atoms with van der Waals surface area (Å²) in [5, 5.41) is 9.08. The predicted molar refractivity (Wildman–Crippen MR) is 46.0 cm³/mol. The average Bonchev–Trinajstić information content (AvgIpc) is 2.53. The maximum Gasteiger partial charge on any atom is 0.226 e. The van der Waals surface area contributed by atoms with E-state index < -0.39 is 0 Å². The Bertz CT molecular complexity index is 235. The number of rotatable bonds is 4. The smallest absolute Gasteiger partial charge is 0.226 e. The van der Waals surface area contributed by atoms with Gasteiger partial charge < -0.3 is 5.32 Å². The molecule has 0 spiro atoms. The predicted octanol–water partition coefficient (Wildman–Crippen LogP) is 0.307. The Morgan fingerprint density at radius 3 is 3.17 bits per heavy atom. The number of aromatic nitrogens is 2. The van der Waals surface area contributed by atoms with Crippen LogP contribution >= 0.6 is 11.6 Å². The third kappa shape index (κ3) is 2.92. The molecule has 2 N–H and O–H groups in total. The number of amides is 1. The van der Waals surface area contributed by atoms with Gasteiger partial charge in [0, 0.05) is 24.3 Å². The quantitative estimate of drug-likeness (QED) is 0.667. The van der Waals surface area contributed by atoms with Crippen molar-refractivity contribution in [1.29, 1.82) is 0 Å². The summed E-state index contributed by atoms with van der Waals surface area (Å²) in [6, 6.07) is 1.76. The molecule has 1 amide bonds. The van der Waals surface area contributed by atoms with Gasteiger partial charge in [0.25, 0.3) is 0 Å². The molecule has 0 aliphatic heterocycles. The highest BCUT2D eigenvalue weighted by atomic mass is 35.5. The molecule has 0 aliphatic carbocycles. The van der Waals surface area contributed by atoms with Crippen LogP contribution in [0.1, 0.15) is 5.69 Å². The van der Waals surface area contributed by atoms with E-state index in [0.29, 0.717) is 18.8 Å². The molecule has 0 saturated heterocycles. The number of carbonyl (C=O) groups is 1. The highest BCUT2D eigenvalue weighted by molar-refractivity contribution is 6.18. The van der Waals surface area contributed by atoms with E-state index >= 15 is 0 Å². The Kier molecular flexibility index (Phi) is 3.60. The number of carbonyl (C=O) groups excluding carboxylic acids is 1. The van der Waals surface area contributed by atoms with Crippen molar-refractivity contribution in [3.05, 3.63) is 18.0 Å². The molecule has 0 radical (unpaired) electrons. The molecule has 0 atom stereocenters. The number of halogens is 1. The Morgan fingerprint density at radius 2 is 2.58 bits per heavy atom. The van der Waals surface area contributed by atoms with Crippen molar-refractivity contribution < 1.29 is 4.79 Å². The SMILES string of the molecule is O=C(Cc1ccn[nH]1)NCCCl. The molecule has 0 aliphatic rings. The molecule has 0 bridgehead atoms. The summed E-state index contributed by atoms with van der Waals surface area (Å²) in [6.07, 6.45) is 1.95. The van der Waals surface area contributed by atoms with Crippen molar-refractivity contribution in [3.63, 3.8) is 0 Å². The fourth-order valence-corrected chi connectivity index (χ4v) is 0.900. The maximum absolute atomic E-state index is 11.1. The zero-order valence-electron chi connectivity index (χ0n) is 6.51. The number of nitrogens with zero attached hydrogens (tertiary/aromatic N) is 1. The molecule has 0 unspecified atom stereocenters. The fraction of sp³-hybridized carbons (Fsp3) is 0.429. The van der Waals surface area contributed by atoms with Crippen LogP contribution in [0.15, 0.2) is 12.3 Å². The summed E-state index contributed by atoms with van der Waals surface area (Å²) >= 11 is 5.39. The summed E-state index contributed by atoms with van der Waals surface area (Å²) in [5.41, 5.74) is 0.807. The number of nitrogens with one attached hydrogen (secondary N) is 2. The van der Waals surface area contributed by atoms with Gasteiger partial charge in [0.15, 0.2) is 0 Å². The largest absolute Gasteiger partial charge is 0.355 e. The molecule has 12 heavy (non-hydrogen) atoms. The molecule has 4 nitrogen and oxygen atoms in total. The van der Waals surface area contributed by atoms with Crippen LogP contribution < -0.4 is 5.32 Å². The van der Waals surface area contributed by atoms with E-state index in [1.807, 2.05) is 0 Å². The van der Waals surface area contributed by atoms with E-state index in [0.717, 1.165) is 5.69 Å². The van der Waals surface area contributed by atoms with Gasteiger partial charge in [0.1, 0.15) is 0 Å². The monoisotopic (exact) mass is 187 g/mol. The number of H-pyrrole nitrogens is 1. The minimum atomic E-state index is -0.0418. The minimum Gasteiger partial charge on any atom is -0.355 e. The Morgan fingerprint density at radius 1 is 1.75 bits per heavy atom. The minimum absolute atomic E-state index is 0.0418. The first-order valence-corrected chi connectivity index (χ1v) is 4.17. The van der Waals surface area contributed by atoms with Gasteiger partial charge in [0.05, 0.1) is 6.42 Å². The maximum atomic E-state index is 11.1. The molecule has 1 heterocycles. The van der Waals surface area contributed by atoms with Gasteiger partial charge in [-0.25, -0.2) is 0 Å².